The largest absolute Gasteiger partial charge is 0.497 e. The number of ether oxygens (including phenoxy) is 1. The van der Waals surface area contributed by atoms with Gasteiger partial charge in [0.1, 0.15) is 11.3 Å². The molecule has 1 heterocycles. The van der Waals surface area contributed by atoms with E-state index in [-0.39, 0.29) is 0 Å². The Kier molecular flexibility index (Phi) is 3.22. The molecule has 3 rings (SSSR count). The highest BCUT2D eigenvalue weighted by molar-refractivity contribution is 5.47. The minimum Gasteiger partial charge on any atom is -0.497 e. The fourth-order valence-electron chi connectivity index (χ4n) is 2.77. The van der Waals surface area contributed by atoms with Gasteiger partial charge in [-0.2, -0.15) is 4.98 Å². The van der Waals surface area contributed by atoms with Crippen molar-refractivity contribution in [2.45, 2.75) is 38.1 Å². The Morgan fingerprint density at radius 3 is 3.05 bits per heavy atom. The van der Waals surface area contributed by atoms with Crippen molar-refractivity contribution in [3.63, 3.8) is 0 Å². The normalized spacial score (nSPS) is 20.9. The molecule has 20 heavy (non-hydrogen) atoms. The van der Waals surface area contributed by atoms with Gasteiger partial charge < -0.3 is 15.0 Å². The molecule has 5 heteroatoms. The number of aromatic nitrogens is 2. The predicted octanol–water partition coefficient (Wildman–Crippen LogP) is 2.18. The van der Waals surface area contributed by atoms with Crippen molar-refractivity contribution < 1.29 is 9.26 Å². The van der Waals surface area contributed by atoms with E-state index in [1.165, 1.54) is 5.56 Å². The van der Waals surface area contributed by atoms with E-state index in [2.05, 4.69) is 23.1 Å². The molecule has 0 aliphatic heterocycles. The Hall–Kier alpha value is -1.88. The maximum atomic E-state index is 6.58. The first-order valence-electron chi connectivity index (χ1n) is 6.96. The summed E-state index contributed by atoms with van der Waals surface area (Å²) in [5, 5.41) is 4.09. The molecular formula is C15H19N3O2. The molecule has 2 aromatic rings. The minimum absolute atomic E-state index is 0.577. The highest BCUT2D eigenvalue weighted by atomic mass is 16.5. The van der Waals surface area contributed by atoms with Crippen molar-refractivity contribution >= 4 is 0 Å². The fourth-order valence-corrected chi connectivity index (χ4v) is 2.77. The van der Waals surface area contributed by atoms with Crippen LogP contribution < -0.4 is 10.5 Å². The molecule has 1 aromatic heterocycles. The summed E-state index contributed by atoms with van der Waals surface area (Å²) < 4.78 is 10.6. The van der Waals surface area contributed by atoms with E-state index >= 15 is 0 Å². The second-order valence-electron chi connectivity index (χ2n) is 5.26. The summed E-state index contributed by atoms with van der Waals surface area (Å²) >= 11 is 0. The van der Waals surface area contributed by atoms with E-state index < -0.39 is 5.54 Å². The molecule has 5 nitrogen and oxygen atoms in total. The Bertz CT molecular complexity index is 623. The predicted molar refractivity (Wildman–Crippen MR) is 74.6 cm³/mol. The average Bonchev–Trinajstić information content (AvgIpc) is 3.06. The smallest absolute Gasteiger partial charge is 0.226 e. The van der Waals surface area contributed by atoms with Crippen LogP contribution in [0, 0.1) is 0 Å². The molecule has 0 spiro atoms. The van der Waals surface area contributed by atoms with Crippen molar-refractivity contribution in [3.05, 3.63) is 41.0 Å². The lowest BCUT2D eigenvalue weighted by molar-refractivity contribution is 0.359. The summed E-state index contributed by atoms with van der Waals surface area (Å²) in [6, 6.07) is 6.01. The third-order valence-corrected chi connectivity index (χ3v) is 3.92. The molecule has 0 bridgehead atoms. The third kappa shape index (κ3) is 1.98. The van der Waals surface area contributed by atoms with Crippen LogP contribution in [0.25, 0.3) is 0 Å². The zero-order chi connectivity index (χ0) is 14.2. The quantitative estimate of drug-likeness (QED) is 0.924. The summed E-state index contributed by atoms with van der Waals surface area (Å²) in [5.74, 6) is 2.04. The Balaban J connectivity index is 2.01. The molecule has 0 fully saturated rings. The maximum absolute atomic E-state index is 6.58. The van der Waals surface area contributed by atoms with Crippen molar-refractivity contribution in [1.82, 2.24) is 10.1 Å². The summed E-state index contributed by atoms with van der Waals surface area (Å²) in [5.41, 5.74) is 8.19. The number of aryl methyl sites for hydroxylation is 2. The average molecular weight is 273 g/mol. The van der Waals surface area contributed by atoms with Gasteiger partial charge in [-0.15, -0.1) is 0 Å². The summed E-state index contributed by atoms with van der Waals surface area (Å²) in [6.45, 7) is 2.08. The highest BCUT2D eigenvalue weighted by Crippen LogP contribution is 2.40. The van der Waals surface area contributed by atoms with E-state index in [0.717, 1.165) is 37.0 Å². The van der Waals surface area contributed by atoms with Crippen molar-refractivity contribution in [2.24, 2.45) is 5.73 Å². The SMILES string of the molecule is CCCc1nc(C2(N)CCc3ccc(OC)cc32)no1. The van der Waals surface area contributed by atoms with Crippen LogP contribution in [0.5, 0.6) is 5.75 Å². The number of fused-ring (bicyclic) bond motifs is 1. The van der Waals surface area contributed by atoms with Crippen molar-refractivity contribution in [3.8, 4) is 5.75 Å². The number of benzene rings is 1. The number of hydrogen-bond acceptors (Lipinski definition) is 5. The van der Waals surface area contributed by atoms with Gasteiger partial charge in [0, 0.05) is 6.42 Å². The molecule has 106 valence electrons. The van der Waals surface area contributed by atoms with Gasteiger partial charge in [-0.05, 0) is 42.5 Å². The van der Waals surface area contributed by atoms with Gasteiger partial charge in [-0.1, -0.05) is 18.1 Å². The first kappa shape index (κ1) is 13.1. The second-order valence-corrected chi connectivity index (χ2v) is 5.26. The summed E-state index contributed by atoms with van der Waals surface area (Å²) in [4.78, 5) is 4.46. The number of nitrogens with zero attached hydrogens (tertiary/aromatic N) is 2. The molecule has 2 N–H and O–H groups in total. The fraction of sp³-hybridized carbons (Fsp3) is 0.467. The van der Waals surface area contributed by atoms with E-state index in [1.807, 2.05) is 12.1 Å². The van der Waals surface area contributed by atoms with Gasteiger partial charge in [0.2, 0.25) is 5.89 Å². The molecule has 1 atom stereocenters. The molecule has 0 amide bonds. The third-order valence-electron chi connectivity index (χ3n) is 3.92. The maximum Gasteiger partial charge on any atom is 0.226 e. The first-order chi connectivity index (χ1) is 9.67. The summed E-state index contributed by atoms with van der Waals surface area (Å²) in [7, 11) is 1.66. The summed E-state index contributed by atoms with van der Waals surface area (Å²) in [6.07, 6.45) is 3.48. The molecular weight excluding hydrogens is 254 g/mol. The molecule has 0 saturated heterocycles. The van der Waals surface area contributed by atoms with Gasteiger partial charge >= 0.3 is 0 Å². The Labute approximate surface area is 118 Å². The zero-order valence-electron chi connectivity index (χ0n) is 11.8. The molecule has 1 aliphatic carbocycles. The number of hydrogen-bond donors (Lipinski definition) is 1. The van der Waals surface area contributed by atoms with Crippen LogP contribution in [0.3, 0.4) is 0 Å². The van der Waals surface area contributed by atoms with Gasteiger partial charge in [0.25, 0.3) is 0 Å². The van der Waals surface area contributed by atoms with E-state index in [4.69, 9.17) is 15.0 Å². The monoisotopic (exact) mass is 273 g/mol. The second kappa shape index (κ2) is 4.90. The van der Waals surface area contributed by atoms with Crippen molar-refractivity contribution in [1.29, 1.82) is 0 Å². The van der Waals surface area contributed by atoms with Gasteiger partial charge in [0.15, 0.2) is 5.82 Å². The lowest BCUT2D eigenvalue weighted by atomic mass is 9.92. The molecule has 1 unspecified atom stereocenters. The lowest BCUT2D eigenvalue weighted by Gasteiger charge is -2.21. The molecule has 0 saturated carbocycles. The lowest BCUT2D eigenvalue weighted by Crippen LogP contribution is -2.36. The van der Waals surface area contributed by atoms with Crippen LogP contribution in [-0.2, 0) is 18.4 Å². The Morgan fingerprint density at radius 2 is 2.30 bits per heavy atom. The van der Waals surface area contributed by atoms with Crippen LogP contribution in [0.2, 0.25) is 0 Å². The Morgan fingerprint density at radius 1 is 1.45 bits per heavy atom. The standard InChI is InChI=1S/C15H19N3O2/c1-3-4-13-17-14(18-20-13)15(16)8-7-10-5-6-11(19-2)9-12(10)15/h5-6,9H,3-4,7-8,16H2,1-2H3. The minimum atomic E-state index is -0.667. The topological polar surface area (TPSA) is 74.2 Å². The molecule has 0 radical (unpaired) electrons. The van der Waals surface area contributed by atoms with Crippen LogP contribution >= 0.6 is 0 Å². The number of nitrogens with two attached hydrogens (primary N) is 1. The van der Waals surface area contributed by atoms with Crippen LogP contribution in [0.4, 0.5) is 0 Å². The first-order valence-corrected chi connectivity index (χ1v) is 6.96. The number of rotatable bonds is 4. The van der Waals surface area contributed by atoms with Gasteiger partial charge in [-0.3, -0.25) is 0 Å². The highest BCUT2D eigenvalue weighted by Gasteiger charge is 2.41. The molecule has 1 aromatic carbocycles. The van der Waals surface area contributed by atoms with Crippen LogP contribution in [0.1, 0.15) is 42.6 Å². The molecule has 1 aliphatic rings. The van der Waals surface area contributed by atoms with Crippen LogP contribution in [0.15, 0.2) is 22.7 Å². The van der Waals surface area contributed by atoms with Gasteiger partial charge in [0.05, 0.1) is 7.11 Å². The van der Waals surface area contributed by atoms with E-state index in [0.29, 0.717) is 11.7 Å². The van der Waals surface area contributed by atoms with E-state index in [9.17, 15) is 0 Å². The van der Waals surface area contributed by atoms with Crippen molar-refractivity contribution in [2.75, 3.05) is 7.11 Å². The number of methoxy groups -OCH3 is 1. The van der Waals surface area contributed by atoms with Gasteiger partial charge in [-0.25, -0.2) is 0 Å². The van der Waals surface area contributed by atoms with E-state index in [1.54, 1.807) is 7.11 Å². The van der Waals surface area contributed by atoms with Crippen LogP contribution in [-0.4, -0.2) is 17.3 Å². The zero-order valence-corrected chi connectivity index (χ0v) is 11.8.